The van der Waals surface area contributed by atoms with Crippen molar-refractivity contribution in [2.75, 3.05) is 5.32 Å². The summed E-state index contributed by atoms with van der Waals surface area (Å²) in [5.41, 5.74) is 10.1. The van der Waals surface area contributed by atoms with Crippen LogP contribution in [0.4, 0.5) is 5.69 Å². The molecule has 0 saturated heterocycles. The third-order valence-electron chi connectivity index (χ3n) is 2.95. The molecule has 0 aliphatic carbocycles. The Morgan fingerprint density at radius 1 is 1.18 bits per heavy atom. The van der Waals surface area contributed by atoms with E-state index in [9.17, 15) is 4.79 Å². The lowest BCUT2D eigenvalue weighted by Gasteiger charge is -2.18. The third kappa shape index (κ3) is 3.30. The second kappa shape index (κ2) is 5.32. The van der Waals surface area contributed by atoms with Crippen LogP contribution in [-0.2, 0) is 4.79 Å². The zero-order chi connectivity index (χ0) is 13.2. The monoisotopic (exact) mass is 234 g/mol. The Balaban J connectivity index is 2.93. The van der Waals surface area contributed by atoms with Crippen molar-refractivity contribution in [2.45, 2.75) is 40.7 Å². The lowest BCUT2D eigenvalue weighted by atomic mass is 10.0. The maximum absolute atomic E-state index is 11.9. The Hall–Kier alpha value is -1.35. The lowest BCUT2D eigenvalue weighted by molar-refractivity contribution is -0.118. The van der Waals surface area contributed by atoms with Gasteiger partial charge in [0.15, 0.2) is 0 Å². The molecule has 0 heterocycles. The topological polar surface area (TPSA) is 55.1 Å². The van der Waals surface area contributed by atoms with Crippen molar-refractivity contribution >= 4 is 11.6 Å². The van der Waals surface area contributed by atoms with Crippen molar-refractivity contribution in [3.8, 4) is 0 Å². The van der Waals surface area contributed by atoms with Gasteiger partial charge in [-0.2, -0.15) is 0 Å². The average molecular weight is 234 g/mol. The van der Waals surface area contributed by atoms with Crippen LogP contribution in [0.25, 0.3) is 0 Å². The van der Waals surface area contributed by atoms with Crippen LogP contribution < -0.4 is 11.1 Å². The van der Waals surface area contributed by atoms with Crippen molar-refractivity contribution in [2.24, 2.45) is 11.7 Å². The highest BCUT2D eigenvalue weighted by Crippen LogP contribution is 2.22. The number of nitrogens with one attached hydrogen (secondary N) is 1. The van der Waals surface area contributed by atoms with Gasteiger partial charge in [-0.25, -0.2) is 0 Å². The van der Waals surface area contributed by atoms with Gasteiger partial charge in [-0.1, -0.05) is 31.5 Å². The number of hydrogen-bond acceptors (Lipinski definition) is 2. The van der Waals surface area contributed by atoms with Crippen LogP contribution in [0.3, 0.4) is 0 Å². The third-order valence-corrected chi connectivity index (χ3v) is 2.95. The predicted octanol–water partition coefficient (Wildman–Crippen LogP) is 2.53. The number of carbonyl (C=O) groups is 1. The summed E-state index contributed by atoms with van der Waals surface area (Å²) in [7, 11) is 0. The Labute approximate surface area is 103 Å². The molecule has 0 fully saturated rings. The lowest BCUT2D eigenvalue weighted by Crippen LogP contribution is -2.40. The molecule has 0 aliphatic heterocycles. The molecule has 3 nitrogen and oxygen atoms in total. The summed E-state index contributed by atoms with van der Waals surface area (Å²) >= 11 is 0. The number of nitrogens with two attached hydrogens (primary N) is 1. The molecular weight excluding hydrogens is 212 g/mol. The molecule has 3 heteroatoms. The molecule has 0 aliphatic rings. The van der Waals surface area contributed by atoms with Crippen molar-refractivity contribution < 1.29 is 4.79 Å². The van der Waals surface area contributed by atoms with E-state index in [0.717, 1.165) is 16.8 Å². The van der Waals surface area contributed by atoms with E-state index >= 15 is 0 Å². The maximum Gasteiger partial charge on any atom is 0.241 e. The van der Waals surface area contributed by atoms with E-state index in [4.69, 9.17) is 5.73 Å². The highest BCUT2D eigenvalue weighted by molar-refractivity contribution is 5.96. The van der Waals surface area contributed by atoms with Crippen LogP contribution in [0.2, 0.25) is 0 Å². The van der Waals surface area contributed by atoms with Crippen molar-refractivity contribution in [3.63, 3.8) is 0 Å². The van der Waals surface area contributed by atoms with Gasteiger partial charge in [-0.3, -0.25) is 4.79 Å². The van der Waals surface area contributed by atoms with Gasteiger partial charge < -0.3 is 11.1 Å². The number of benzene rings is 1. The van der Waals surface area contributed by atoms with Crippen LogP contribution in [0.1, 0.15) is 30.5 Å². The van der Waals surface area contributed by atoms with Crippen LogP contribution in [0.15, 0.2) is 12.1 Å². The second-order valence-electron chi connectivity index (χ2n) is 5.03. The number of rotatable bonds is 3. The summed E-state index contributed by atoms with van der Waals surface area (Å²) < 4.78 is 0. The van der Waals surface area contributed by atoms with Gasteiger partial charge in [-0.15, -0.1) is 0 Å². The molecule has 1 amide bonds. The van der Waals surface area contributed by atoms with E-state index < -0.39 is 6.04 Å². The minimum Gasteiger partial charge on any atom is -0.324 e. The standard InChI is InChI=1S/C14H22N2O/c1-8(2)12(15)14(17)16-13-10(4)6-9(3)7-11(13)5/h6-8,12H,15H2,1-5H3,(H,16,17)/t12-/m0/s1. The molecule has 0 aromatic heterocycles. The largest absolute Gasteiger partial charge is 0.324 e. The fraction of sp³-hybridized carbons (Fsp3) is 0.500. The quantitative estimate of drug-likeness (QED) is 0.844. The van der Waals surface area contributed by atoms with E-state index in [0.29, 0.717) is 0 Å². The predicted molar refractivity (Wildman–Crippen MR) is 72.1 cm³/mol. The van der Waals surface area contributed by atoms with Gasteiger partial charge >= 0.3 is 0 Å². The average Bonchev–Trinajstić information content (AvgIpc) is 2.21. The molecule has 0 unspecified atom stereocenters. The first-order valence-electron chi connectivity index (χ1n) is 5.97. The normalized spacial score (nSPS) is 12.6. The molecule has 0 saturated carbocycles. The Kier molecular flexibility index (Phi) is 4.29. The molecule has 17 heavy (non-hydrogen) atoms. The van der Waals surface area contributed by atoms with Gasteiger partial charge in [0, 0.05) is 5.69 Å². The minimum absolute atomic E-state index is 0.116. The Morgan fingerprint density at radius 2 is 1.65 bits per heavy atom. The van der Waals surface area contributed by atoms with Crippen molar-refractivity contribution in [3.05, 3.63) is 28.8 Å². The highest BCUT2D eigenvalue weighted by Gasteiger charge is 2.18. The fourth-order valence-electron chi connectivity index (χ4n) is 1.89. The van der Waals surface area contributed by atoms with Gasteiger partial charge in [-0.05, 0) is 37.8 Å². The zero-order valence-electron chi connectivity index (χ0n) is 11.3. The molecule has 1 aromatic carbocycles. The summed E-state index contributed by atoms with van der Waals surface area (Å²) in [6.07, 6.45) is 0. The SMILES string of the molecule is Cc1cc(C)c(NC(=O)[C@@H](N)C(C)C)c(C)c1. The molecule has 94 valence electrons. The van der Waals surface area contributed by atoms with Crippen LogP contribution in [0.5, 0.6) is 0 Å². The smallest absolute Gasteiger partial charge is 0.241 e. The highest BCUT2D eigenvalue weighted by atomic mass is 16.2. The molecular formula is C14H22N2O. The molecule has 0 radical (unpaired) electrons. The summed E-state index contributed by atoms with van der Waals surface area (Å²) in [4.78, 5) is 11.9. The van der Waals surface area contributed by atoms with Gasteiger partial charge in [0.05, 0.1) is 6.04 Å². The number of carbonyl (C=O) groups excluding carboxylic acids is 1. The Morgan fingerprint density at radius 3 is 2.06 bits per heavy atom. The number of amides is 1. The van der Waals surface area contributed by atoms with E-state index in [1.165, 1.54) is 5.56 Å². The van der Waals surface area contributed by atoms with E-state index in [-0.39, 0.29) is 11.8 Å². The number of hydrogen-bond donors (Lipinski definition) is 2. The first-order chi connectivity index (χ1) is 7.82. The van der Waals surface area contributed by atoms with Crippen LogP contribution in [-0.4, -0.2) is 11.9 Å². The number of anilines is 1. The first-order valence-corrected chi connectivity index (χ1v) is 5.97. The summed E-state index contributed by atoms with van der Waals surface area (Å²) in [5, 5.41) is 2.92. The fourth-order valence-corrected chi connectivity index (χ4v) is 1.89. The molecule has 1 rings (SSSR count). The maximum atomic E-state index is 11.9. The van der Waals surface area contributed by atoms with Gasteiger partial charge in [0.2, 0.25) is 5.91 Å². The van der Waals surface area contributed by atoms with Gasteiger partial charge in [0.25, 0.3) is 0 Å². The molecule has 3 N–H and O–H groups in total. The molecule has 1 atom stereocenters. The summed E-state index contributed by atoms with van der Waals surface area (Å²) in [6, 6.07) is 3.66. The Bertz CT molecular complexity index is 401. The zero-order valence-corrected chi connectivity index (χ0v) is 11.3. The molecule has 0 spiro atoms. The van der Waals surface area contributed by atoms with Crippen molar-refractivity contribution in [1.82, 2.24) is 0 Å². The number of aryl methyl sites for hydroxylation is 3. The summed E-state index contributed by atoms with van der Waals surface area (Å²) in [6.45, 7) is 9.93. The van der Waals surface area contributed by atoms with E-state index in [1.54, 1.807) is 0 Å². The molecule has 0 bridgehead atoms. The minimum atomic E-state index is -0.463. The van der Waals surface area contributed by atoms with Crippen molar-refractivity contribution in [1.29, 1.82) is 0 Å². The van der Waals surface area contributed by atoms with E-state index in [1.807, 2.05) is 34.6 Å². The van der Waals surface area contributed by atoms with E-state index in [2.05, 4.69) is 17.4 Å². The summed E-state index contributed by atoms with van der Waals surface area (Å²) in [5.74, 6) is 0.0242. The first kappa shape index (κ1) is 13.7. The second-order valence-corrected chi connectivity index (χ2v) is 5.03. The van der Waals surface area contributed by atoms with Crippen LogP contribution >= 0.6 is 0 Å². The van der Waals surface area contributed by atoms with Crippen LogP contribution in [0, 0.1) is 26.7 Å². The van der Waals surface area contributed by atoms with Gasteiger partial charge in [0.1, 0.15) is 0 Å². The molecule has 1 aromatic rings.